The number of carbonyl (C=O) groups is 1. The van der Waals surface area contributed by atoms with Crippen molar-refractivity contribution in [1.82, 2.24) is 20.3 Å². The van der Waals surface area contributed by atoms with E-state index < -0.39 is 11.4 Å². The van der Waals surface area contributed by atoms with Gasteiger partial charge in [-0.05, 0) is 25.5 Å². The number of anilines is 2. The van der Waals surface area contributed by atoms with Gasteiger partial charge in [0.05, 0.1) is 31.5 Å². The lowest BCUT2D eigenvalue weighted by Gasteiger charge is -2.32. The van der Waals surface area contributed by atoms with Gasteiger partial charge in [0.25, 0.3) is 0 Å². The van der Waals surface area contributed by atoms with E-state index in [1.54, 1.807) is 20.3 Å². The number of rotatable bonds is 12. The van der Waals surface area contributed by atoms with E-state index in [2.05, 4.69) is 37.8 Å². The first-order valence-electron chi connectivity index (χ1n) is 11.6. The number of methoxy groups -OCH3 is 2. The van der Waals surface area contributed by atoms with Crippen molar-refractivity contribution in [3.05, 3.63) is 41.8 Å². The molecule has 0 aliphatic rings. The predicted octanol–water partition coefficient (Wildman–Crippen LogP) is 4.29. The van der Waals surface area contributed by atoms with E-state index in [0.29, 0.717) is 47.4 Å². The first-order chi connectivity index (χ1) is 16.8. The van der Waals surface area contributed by atoms with E-state index in [1.165, 1.54) is 13.0 Å². The monoisotopic (exact) mass is 484 g/mol. The summed E-state index contributed by atoms with van der Waals surface area (Å²) in [7, 11) is 3.19. The van der Waals surface area contributed by atoms with E-state index in [1.807, 2.05) is 19.1 Å². The third-order valence-corrected chi connectivity index (χ3v) is 5.66. The lowest BCUT2D eigenvalue weighted by molar-refractivity contribution is -0.119. The molecule has 1 amide bonds. The van der Waals surface area contributed by atoms with Crippen molar-refractivity contribution in [2.75, 3.05) is 31.4 Å². The van der Waals surface area contributed by atoms with Crippen LogP contribution >= 0.6 is 0 Å². The summed E-state index contributed by atoms with van der Waals surface area (Å²) in [6, 6.07) is 6.85. The van der Waals surface area contributed by atoms with Crippen LogP contribution in [0.15, 0.2) is 30.5 Å². The summed E-state index contributed by atoms with van der Waals surface area (Å²) in [6.07, 6.45) is 3.89. The van der Waals surface area contributed by atoms with Crippen molar-refractivity contribution >= 4 is 28.7 Å². The maximum Gasteiger partial charge on any atom is 0.225 e. The van der Waals surface area contributed by atoms with Crippen LogP contribution < -0.4 is 25.4 Å². The Kier molecular flexibility index (Phi) is 8.62. The van der Waals surface area contributed by atoms with Crippen LogP contribution in [0.3, 0.4) is 0 Å². The van der Waals surface area contributed by atoms with Crippen molar-refractivity contribution in [2.45, 2.75) is 52.1 Å². The average molecular weight is 485 g/mol. The van der Waals surface area contributed by atoms with E-state index >= 15 is 0 Å². The molecule has 9 nitrogen and oxygen atoms in total. The number of nitrogens with one attached hydrogen (secondary N) is 3. The zero-order valence-corrected chi connectivity index (χ0v) is 20.9. The quantitative estimate of drug-likeness (QED) is 0.349. The number of amides is 1. The molecule has 0 radical (unpaired) electrons. The minimum Gasteiger partial charge on any atom is -0.497 e. The maximum atomic E-state index is 14.0. The molecule has 3 aromatic rings. The summed E-state index contributed by atoms with van der Waals surface area (Å²) in [5.41, 5.74) is 1.20. The Morgan fingerprint density at radius 2 is 1.97 bits per heavy atom. The average Bonchev–Trinajstić information content (AvgIpc) is 2.84. The first-order valence-corrected chi connectivity index (χ1v) is 11.6. The largest absolute Gasteiger partial charge is 0.497 e. The van der Waals surface area contributed by atoms with Crippen LogP contribution in [0.1, 0.15) is 45.6 Å². The smallest absolute Gasteiger partial charge is 0.225 e. The van der Waals surface area contributed by atoms with Gasteiger partial charge in [-0.25, -0.2) is 14.4 Å². The fourth-order valence-electron chi connectivity index (χ4n) is 3.70. The molecular weight excluding hydrogens is 451 g/mol. The first kappa shape index (κ1) is 25.9. The molecule has 35 heavy (non-hydrogen) atoms. The molecular formula is C25H33FN6O3. The Morgan fingerprint density at radius 3 is 2.66 bits per heavy atom. The third kappa shape index (κ3) is 6.91. The number of benzene rings is 1. The van der Waals surface area contributed by atoms with Crippen molar-refractivity contribution in [3.63, 3.8) is 0 Å². The molecule has 2 aromatic heterocycles. The molecule has 0 fully saturated rings. The van der Waals surface area contributed by atoms with Gasteiger partial charge in [-0.1, -0.05) is 19.8 Å². The van der Waals surface area contributed by atoms with Gasteiger partial charge in [0.1, 0.15) is 22.8 Å². The number of nitrogens with zero attached hydrogens (tertiary/aromatic N) is 3. The van der Waals surface area contributed by atoms with Crippen LogP contribution in [0.25, 0.3) is 11.0 Å². The number of aromatic nitrogens is 3. The Balaban J connectivity index is 1.94. The lowest BCUT2D eigenvalue weighted by atomic mass is 9.94. The molecule has 10 heteroatoms. The van der Waals surface area contributed by atoms with Crippen LogP contribution in [0, 0.1) is 5.82 Å². The number of pyridine rings is 1. The van der Waals surface area contributed by atoms with Gasteiger partial charge < -0.3 is 25.4 Å². The molecule has 2 heterocycles. The second-order valence-electron chi connectivity index (χ2n) is 8.65. The summed E-state index contributed by atoms with van der Waals surface area (Å²) in [5, 5.41) is 9.54. The van der Waals surface area contributed by atoms with Gasteiger partial charge in [0, 0.05) is 37.7 Å². The molecule has 0 aliphatic carbocycles. The Hall–Kier alpha value is -3.69. The van der Waals surface area contributed by atoms with E-state index in [9.17, 15) is 9.18 Å². The van der Waals surface area contributed by atoms with Crippen LogP contribution in [0.5, 0.6) is 11.5 Å². The van der Waals surface area contributed by atoms with Crippen molar-refractivity contribution < 1.29 is 18.7 Å². The molecule has 0 bridgehead atoms. The molecule has 0 saturated carbocycles. The number of fused-ring (bicyclic) bond motifs is 1. The normalized spacial score (nSPS) is 12.6. The standard InChI is InChI=1S/C25H33FN6O3/c1-6-7-10-25(3,15-29-16(2)33)32-23-22-20(11-18(26)14-27-22)30-24(31-23)28-13-17-8-9-19(34-4)12-21(17)35-5/h8-9,11-12,14H,6-7,10,13,15H2,1-5H3,(H,29,33)(H2,28,30,31,32)/t25-/m1/s1. The fraction of sp³-hybridized carbons (Fsp3) is 0.440. The van der Waals surface area contributed by atoms with Gasteiger partial charge in [-0.15, -0.1) is 0 Å². The zero-order chi connectivity index (χ0) is 25.4. The topological polar surface area (TPSA) is 110 Å². The molecule has 0 aliphatic heterocycles. The molecule has 1 atom stereocenters. The van der Waals surface area contributed by atoms with Crippen LogP contribution in [0.4, 0.5) is 16.2 Å². The predicted molar refractivity (Wildman–Crippen MR) is 134 cm³/mol. The molecule has 0 unspecified atom stereocenters. The van der Waals surface area contributed by atoms with Gasteiger partial charge >= 0.3 is 0 Å². The molecule has 1 aromatic carbocycles. The SMILES string of the molecule is CCCC[C@](C)(CNC(C)=O)Nc1nc(NCc2ccc(OC)cc2OC)nc2cc(F)cnc12. The van der Waals surface area contributed by atoms with E-state index in [0.717, 1.165) is 31.0 Å². The second kappa shape index (κ2) is 11.6. The highest BCUT2D eigenvalue weighted by molar-refractivity contribution is 5.86. The van der Waals surface area contributed by atoms with Gasteiger partial charge in [-0.3, -0.25) is 4.79 Å². The van der Waals surface area contributed by atoms with Gasteiger partial charge in [0.2, 0.25) is 11.9 Å². The number of carbonyl (C=O) groups excluding carboxylic acids is 1. The molecule has 0 saturated heterocycles. The summed E-state index contributed by atoms with van der Waals surface area (Å²) in [5.74, 6) is 1.51. The molecule has 3 N–H and O–H groups in total. The molecule has 0 spiro atoms. The number of hydrogen-bond donors (Lipinski definition) is 3. The Morgan fingerprint density at radius 1 is 1.17 bits per heavy atom. The minimum atomic E-state index is -0.491. The highest BCUT2D eigenvalue weighted by Crippen LogP contribution is 2.28. The Labute approximate surface area is 204 Å². The van der Waals surface area contributed by atoms with Crippen molar-refractivity contribution in [2.24, 2.45) is 0 Å². The lowest BCUT2D eigenvalue weighted by Crippen LogP contribution is -2.46. The summed E-state index contributed by atoms with van der Waals surface area (Å²) in [6.45, 7) is 6.39. The zero-order valence-electron chi connectivity index (χ0n) is 20.9. The molecule has 188 valence electrons. The van der Waals surface area contributed by atoms with E-state index in [-0.39, 0.29) is 5.91 Å². The highest BCUT2D eigenvalue weighted by atomic mass is 19.1. The number of hydrogen-bond acceptors (Lipinski definition) is 8. The summed E-state index contributed by atoms with van der Waals surface area (Å²) < 4.78 is 24.7. The number of ether oxygens (including phenoxy) is 2. The van der Waals surface area contributed by atoms with Gasteiger partial charge in [0.15, 0.2) is 5.82 Å². The second-order valence-corrected chi connectivity index (χ2v) is 8.65. The fourth-order valence-corrected chi connectivity index (χ4v) is 3.70. The molecule has 3 rings (SSSR count). The number of halogens is 1. The minimum absolute atomic E-state index is 0.113. The van der Waals surface area contributed by atoms with Crippen LogP contribution in [0.2, 0.25) is 0 Å². The van der Waals surface area contributed by atoms with Crippen molar-refractivity contribution in [1.29, 1.82) is 0 Å². The van der Waals surface area contributed by atoms with Crippen molar-refractivity contribution in [3.8, 4) is 11.5 Å². The maximum absolute atomic E-state index is 14.0. The van der Waals surface area contributed by atoms with Crippen LogP contribution in [-0.4, -0.2) is 47.2 Å². The number of unbranched alkanes of at least 4 members (excludes halogenated alkanes) is 1. The highest BCUT2D eigenvalue weighted by Gasteiger charge is 2.26. The summed E-state index contributed by atoms with van der Waals surface area (Å²) in [4.78, 5) is 24.9. The van der Waals surface area contributed by atoms with E-state index in [4.69, 9.17) is 9.47 Å². The van der Waals surface area contributed by atoms with Gasteiger partial charge in [-0.2, -0.15) is 4.98 Å². The van der Waals surface area contributed by atoms with Crippen LogP contribution in [-0.2, 0) is 11.3 Å². The Bertz CT molecular complexity index is 1180. The summed E-state index contributed by atoms with van der Waals surface area (Å²) >= 11 is 0. The third-order valence-electron chi connectivity index (χ3n) is 5.66.